The maximum atomic E-state index is 11.5. The van der Waals surface area contributed by atoms with Crippen LogP contribution in [0.15, 0.2) is 11.6 Å². The third-order valence-corrected chi connectivity index (χ3v) is 3.10. The van der Waals surface area contributed by atoms with Gasteiger partial charge in [-0.05, 0) is 13.0 Å². The zero-order valence-corrected chi connectivity index (χ0v) is 8.64. The van der Waals surface area contributed by atoms with E-state index in [1.807, 2.05) is 5.38 Å². The summed E-state index contributed by atoms with van der Waals surface area (Å²) >= 11 is 1.40. The van der Waals surface area contributed by atoms with Crippen LogP contribution < -0.4 is 10.6 Å². The van der Waals surface area contributed by atoms with Gasteiger partial charge in [-0.15, -0.1) is 11.3 Å². The molecule has 0 bridgehead atoms. The van der Waals surface area contributed by atoms with Crippen molar-refractivity contribution in [1.29, 1.82) is 0 Å². The topological polar surface area (TPSA) is 54.0 Å². The fourth-order valence-electron chi connectivity index (χ4n) is 1.50. The number of carbonyl (C=O) groups excluding carboxylic acids is 1. The number of nitrogens with zero attached hydrogens (tertiary/aromatic N) is 1. The molecule has 14 heavy (non-hydrogen) atoms. The molecule has 0 aliphatic carbocycles. The van der Waals surface area contributed by atoms with Gasteiger partial charge in [0.15, 0.2) is 5.01 Å². The molecule has 1 aliphatic heterocycles. The Bertz CT molecular complexity index is 293. The summed E-state index contributed by atoms with van der Waals surface area (Å²) in [6.45, 7) is 2.41. The average molecular weight is 211 g/mol. The van der Waals surface area contributed by atoms with Crippen molar-refractivity contribution in [3.63, 3.8) is 0 Å². The average Bonchev–Trinajstić information content (AvgIpc) is 2.87. The number of Topliss-reactive ketones (excluding diaryl/α,β-unsaturated/α-hetero) is 1. The Labute approximate surface area is 86.7 Å². The number of carbonyl (C=O) groups is 1. The van der Waals surface area contributed by atoms with Gasteiger partial charge in [0.2, 0.25) is 5.78 Å². The van der Waals surface area contributed by atoms with Gasteiger partial charge in [-0.1, -0.05) is 0 Å². The second kappa shape index (κ2) is 4.63. The van der Waals surface area contributed by atoms with Gasteiger partial charge in [0.1, 0.15) is 0 Å². The Kier molecular flexibility index (Phi) is 3.23. The van der Waals surface area contributed by atoms with Gasteiger partial charge >= 0.3 is 0 Å². The maximum absolute atomic E-state index is 11.5. The lowest BCUT2D eigenvalue weighted by Gasteiger charge is -2.08. The van der Waals surface area contributed by atoms with Crippen molar-refractivity contribution in [1.82, 2.24) is 15.6 Å². The summed E-state index contributed by atoms with van der Waals surface area (Å²) in [5.74, 6) is 0.0897. The number of nitrogens with one attached hydrogen (secondary N) is 2. The van der Waals surface area contributed by atoms with Gasteiger partial charge in [0.05, 0.1) is 6.54 Å². The Hall–Kier alpha value is -0.780. The van der Waals surface area contributed by atoms with Crippen molar-refractivity contribution in [2.24, 2.45) is 0 Å². The Morgan fingerprint density at radius 3 is 3.36 bits per heavy atom. The van der Waals surface area contributed by atoms with Gasteiger partial charge in [-0.25, -0.2) is 4.98 Å². The number of rotatable bonds is 4. The number of hydrogen-bond donors (Lipinski definition) is 2. The smallest absolute Gasteiger partial charge is 0.205 e. The second-order valence-corrected chi connectivity index (χ2v) is 4.23. The van der Waals surface area contributed by atoms with E-state index in [4.69, 9.17) is 0 Å². The number of hydrogen-bond acceptors (Lipinski definition) is 5. The summed E-state index contributed by atoms with van der Waals surface area (Å²) in [4.78, 5) is 15.5. The summed E-state index contributed by atoms with van der Waals surface area (Å²) in [6, 6.07) is 0.443. The first-order valence-corrected chi connectivity index (χ1v) is 5.61. The summed E-state index contributed by atoms with van der Waals surface area (Å²) in [7, 11) is 0. The zero-order chi connectivity index (χ0) is 9.80. The molecular formula is C9H13N3OS. The van der Waals surface area contributed by atoms with Crippen molar-refractivity contribution in [3.8, 4) is 0 Å². The minimum Gasteiger partial charge on any atom is -0.315 e. The first kappa shape index (κ1) is 9.76. The molecule has 1 fully saturated rings. The summed E-state index contributed by atoms with van der Waals surface area (Å²) in [5, 5.41) is 8.89. The van der Waals surface area contributed by atoms with Crippen LogP contribution in [-0.2, 0) is 0 Å². The highest BCUT2D eigenvalue weighted by molar-refractivity contribution is 7.11. The molecule has 1 aromatic rings. The van der Waals surface area contributed by atoms with Crippen LogP contribution in [0.1, 0.15) is 16.2 Å². The molecule has 2 rings (SSSR count). The quantitative estimate of drug-likeness (QED) is 0.702. The standard InChI is InChI=1S/C9H13N3OS/c13-8(9-11-3-4-14-9)6-12-7-1-2-10-5-7/h3-4,7,10,12H,1-2,5-6H2/t7-/m0/s1. The van der Waals surface area contributed by atoms with Crippen LogP contribution in [0.4, 0.5) is 0 Å². The molecular weight excluding hydrogens is 198 g/mol. The van der Waals surface area contributed by atoms with Crippen molar-refractivity contribution >= 4 is 17.1 Å². The molecule has 0 radical (unpaired) electrons. The lowest BCUT2D eigenvalue weighted by molar-refractivity contribution is 0.0987. The van der Waals surface area contributed by atoms with E-state index in [2.05, 4.69) is 15.6 Å². The third kappa shape index (κ3) is 2.37. The van der Waals surface area contributed by atoms with Gasteiger partial charge in [-0.2, -0.15) is 0 Å². The molecule has 0 aromatic carbocycles. The van der Waals surface area contributed by atoms with Crippen LogP contribution in [0.3, 0.4) is 0 Å². The van der Waals surface area contributed by atoms with E-state index in [1.165, 1.54) is 11.3 Å². The van der Waals surface area contributed by atoms with E-state index in [-0.39, 0.29) is 5.78 Å². The molecule has 1 aromatic heterocycles. The summed E-state index contributed by atoms with van der Waals surface area (Å²) in [6.07, 6.45) is 2.76. The Balaban J connectivity index is 1.78. The molecule has 1 aliphatic rings. The second-order valence-electron chi connectivity index (χ2n) is 3.33. The normalized spacial score (nSPS) is 21.3. The number of ketones is 1. The summed E-state index contributed by atoms with van der Waals surface area (Å²) < 4.78 is 0. The van der Waals surface area contributed by atoms with Crippen molar-refractivity contribution in [2.75, 3.05) is 19.6 Å². The van der Waals surface area contributed by atoms with E-state index in [0.29, 0.717) is 17.6 Å². The third-order valence-electron chi connectivity index (χ3n) is 2.28. The molecule has 2 heterocycles. The molecule has 2 N–H and O–H groups in total. The van der Waals surface area contributed by atoms with Crippen molar-refractivity contribution in [3.05, 3.63) is 16.6 Å². The first-order valence-electron chi connectivity index (χ1n) is 4.73. The highest BCUT2D eigenvalue weighted by Gasteiger charge is 2.15. The van der Waals surface area contributed by atoms with E-state index < -0.39 is 0 Å². The van der Waals surface area contributed by atoms with Gasteiger partial charge in [-0.3, -0.25) is 4.79 Å². The first-order chi connectivity index (χ1) is 6.86. The zero-order valence-electron chi connectivity index (χ0n) is 7.82. The minimum atomic E-state index is 0.0897. The lowest BCUT2D eigenvalue weighted by Crippen LogP contribution is -2.35. The fraction of sp³-hybridized carbons (Fsp3) is 0.556. The van der Waals surface area contributed by atoms with E-state index in [1.54, 1.807) is 6.20 Å². The molecule has 0 saturated carbocycles. The molecule has 0 amide bonds. The molecule has 4 nitrogen and oxygen atoms in total. The highest BCUT2D eigenvalue weighted by Crippen LogP contribution is 2.04. The predicted molar refractivity (Wildman–Crippen MR) is 55.7 cm³/mol. The Morgan fingerprint density at radius 2 is 2.71 bits per heavy atom. The number of thiazole rings is 1. The van der Waals surface area contributed by atoms with Crippen LogP contribution in [0.25, 0.3) is 0 Å². The largest absolute Gasteiger partial charge is 0.315 e. The highest BCUT2D eigenvalue weighted by atomic mass is 32.1. The van der Waals surface area contributed by atoms with Gasteiger partial charge in [0.25, 0.3) is 0 Å². The van der Waals surface area contributed by atoms with Gasteiger partial charge in [0, 0.05) is 24.2 Å². The fourth-order valence-corrected chi connectivity index (χ4v) is 2.08. The lowest BCUT2D eigenvalue weighted by atomic mass is 10.2. The molecule has 5 heteroatoms. The molecule has 76 valence electrons. The van der Waals surface area contributed by atoms with Crippen LogP contribution in [0.5, 0.6) is 0 Å². The van der Waals surface area contributed by atoms with Crippen LogP contribution in [0, 0.1) is 0 Å². The van der Waals surface area contributed by atoms with E-state index in [0.717, 1.165) is 19.5 Å². The molecule has 1 saturated heterocycles. The van der Waals surface area contributed by atoms with Crippen LogP contribution in [-0.4, -0.2) is 36.4 Å². The summed E-state index contributed by atoms with van der Waals surface area (Å²) in [5.41, 5.74) is 0. The van der Waals surface area contributed by atoms with Crippen LogP contribution in [0.2, 0.25) is 0 Å². The molecule has 1 atom stereocenters. The SMILES string of the molecule is O=C(CN[C@H]1CCNC1)c1nccs1. The minimum absolute atomic E-state index is 0.0897. The van der Waals surface area contributed by atoms with Gasteiger partial charge < -0.3 is 10.6 Å². The molecule has 0 unspecified atom stereocenters. The van der Waals surface area contributed by atoms with E-state index in [9.17, 15) is 4.79 Å². The monoisotopic (exact) mass is 211 g/mol. The van der Waals surface area contributed by atoms with Crippen LogP contribution >= 0.6 is 11.3 Å². The van der Waals surface area contributed by atoms with Crippen molar-refractivity contribution in [2.45, 2.75) is 12.5 Å². The van der Waals surface area contributed by atoms with Crippen molar-refractivity contribution < 1.29 is 4.79 Å². The van der Waals surface area contributed by atoms with E-state index >= 15 is 0 Å². The Morgan fingerprint density at radius 1 is 1.79 bits per heavy atom. The predicted octanol–water partition coefficient (Wildman–Crippen LogP) is 0.277. The maximum Gasteiger partial charge on any atom is 0.205 e. The molecule has 0 spiro atoms. The number of aromatic nitrogens is 1.